The summed E-state index contributed by atoms with van der Waals surface area (Å²) < 4.78 is 37.3. The zero-order valence-electron chi connectivity index (χ0n) is 19.8. The van der Waals surface area contributed by atoms with Crippen molar-refractivity contribution in [2.24, 2.45) is 5.41 Å². The highest BCUT2D eigenvalue weighted by Crippen LogP contribution is 2.21. The van der Waals surface area contributed by atoms with Crippen LogP contribution >= 0.6 is 0 Å². The highest BCUT2D eigenvalue weighted by molar-refractivity contribution is 5.86. The van der Waals surface area contributed by atoms with Gasteiger partial charge < -0.3 is 38.3 Å². The summed E-state index contributed by atoms with van der Waals surface area (Å²) in [6, 6.07) is 0. The lowest BCUT2D eigenvalue weighted by atomic mass is 9.92. The van der Waals surface area contributed by atoms with Crippen molar-refractivity contribution in [1.82, 2.24) is 0 Å². The number of carbonyl (C=O) groups is 3. The summed E-state index contributed by atoms with van der Waals surface area (Å²) in [4.78, 5) is 33.8. The monoisotopic (exact) mass is 488 g/mol. The summed E-state index contributed by atoms with van der Waals surface area (Å²) >= 11 is 0. The molecular formula is C23H36O11. The van der Waals surface area contributed by atoms with Gasteiger partial charge in [0.05, 0.1) is 64.9 Å². The molecule has 194 valence electrons. The van der Waals surface area contributed by atoms with Crippen LogP contribution in [0.4, 0.5) is 0 Å². The molecule has 0 aromatic rings. The van der Waals surface area contributed by atoms with Crippen molar-refractivity contribution >= 4 is 17.9 Å². The maximum Gasteiger partial charge on any atom is 0.333 e. The third-order valence-corrected chi connectivity index (χ3v) is 3.96. The van der Waals surface area contributed by atoms with Gasteiger partial charge in [-0.2, -0.15) is 0 Å². The molecule has 0 atom stereocenters. The smallest absolute Gasteiger partial charge is 0.333 e. The maximum atomic E-state index is 11.5. The van der Waals surface area contributed by atoms with E-state index in [1.807, 2.05) is 0 Å². The molecule has 0 rings (SSSR count). The standard InChI is InChI=1S/C23H36O11/c1-5-20(25)32-12-9-29-16-23(15-28-8-7-24,17-30-10-13-33-21(26)6-2)18-31-11-14-34-22(27)19(3)4/h5-6,24H,1-3,7-18H2,4H3. The van der Waals surface area contributed by atoms with Gasteiger partial charge in [0.15, 0.2) is 0 Å². The highest BCUT2D eigenvalue weighted by Gasteiger charge is 2.32. The second-order valence-corrected chi connectivity index (χ2v) is 7.09. The molecule has 0 aliphatic heterocycles. The Morgan fingerprint density at radius 2 is 1.09 bits per heavy atom. The first kappa shape index (κ1) is 31.4. The molecule has 11 heteroatoms. The molecule has 1 N–H and O–H groups in total. The predicted octanol–water partition coefficient (Wildman–Crippen LogP) is 0.609. The zero-order valence-corrected chi connectivity index (χ0v) is 19.8. The number of hydrogen-bond donors (Lipinski definition) is 1. The van der Waals surface area contributed by atoms with Crippen LogP contribution < -0.4 is 0 Å². The lowest BCUT2D eigenvalue weighted by Crippen LogP contribution is -2.43. The van der Waals surface area contributed by atoms with E-state index >= 15 is 0 Å². The Labute approximate surface area is 200 Å². The average Bonchev–Trinajstić information content (AvgIpc) is 2.82. The van der Waals surface area contributed by atoms with Crippen LogP contribution in [0.3, 0.4) is 0 Å². The second kappa shape index (κ2) is 19.9. The van der Waals surface area contributed by atoms with E-state index in [1.165, 1.54) is 0 Å². The Kier molecular flexibility index (Phi) is 18.4. The molecular weight excluding hydrogens is 452 g/mol. The van der Waals surface area contributed by atoms with E-state index in [0.29, 0.717) is 0 Å². The topological polar surface area (TPSA) is 136 Å². The summed E-state index contributed by atoms with van der Waals surface area (Å²) in [6.45, 7) is 12.4. The lowest BCUT2D eigenvalue weighted by Gasteiger charge is -2.33. The van der Waals surface area contributed by atoms with Gasteiger partial charge >= 0.3 is 17.9 Å². The minimum atomic E-state index is -0.821. The van der Waals surface area contributed by atoms with E-state index in [9.17, 15) is 14.4 Å². The number of ether oxygens (including phenoxy) is 7. The number of aliphatic hydroxyl groups excluding tert-OH is 1. The quantitative estimate of drug-likeness (QED) is 0.0993. The molecule has 0 aliphatic rings. The molecule has 0 aromatic heterocycles. The summed E-state index contributed by atoms with van der Waals surface area (Å²) in [6.07, 6.45) is 2.10. The molecule has 0 saturated carbocycles. The molecule has 11 nitrogen and oxygen atoms in total. The van der Waals surface area contributed by atoms with Crippen molar-refractivity contribution in [2.45, 2.75) is 6.92 Å². The minimum Gasteiger partial charge on any atom is -0.460 e. The fourth-order valence-corrected chi connectivity index (χ4v) is 2.31. The number of aliphatic hydroxyl groups is 1. The molecule has 0 heterocycles. The van der Waals surface area contributed by atoms with Gasteiger partial charge in [0, 0.05) is 17.7 Å². The molecule has 0 aliphatic carbocycles. The highest BCUT2D eigenvalue weighted by atomic mass is 16.6. The van der Waals surface area contributed by atoms with Crippen LogP contribution in [0.1, 0.15) is 6.92 Å². The summed E-state index contributed by atoms with van der Waals surface area (Å²) in [5.41, 5.74) is -0.541. The Morgan fingerprint density at radius 3 is 1.44 bits per heavy atom. The van der Waals surface area contributed by atoms with Gasteiger partial charge in [-0.25, -0.2) is 14.4 Å². The first-order valence-corrected chi connectivity index (χ1v) is 10.6. The van der Waals surface area contributed by atoms with Gasteiger partial charge in [0.1, 0.15) is 19.8 Å². The molecule has 0 spiro atoms. The van der Waals surface area contributed by atoms with Gasteiger partial charge in [0.2, 0.25) is 0 Å². The van der Waals surface area contributed by atoms with Crippen molar-refractivity contribution in [3.63, 3.8) is 0 Å². The molecule has 0 aromatic carbocycles. The molecule has 0 unspecified atom stereocenters. The van der Waals surface area contributed by atoms with E-state index in [1.54, 1.807) is 6.92 Å². The fraction of sp³-hybridized carbons (Fsp3) is 0.609. The van der Waals surface area contributed by atoms with Crippen molar-refractivity contribution < 1.29 is 52.6 Å². The van der Waals surface area contributed by atoms with E-state index in [0.717, 1.165) is 12.2 Å². The van der Waals surface area contributed by atoms with E-state index < -0.39 is 23.3 Å². The Morgan fingerprint density at radius 1 is 0.706 bits per heavy atom. The molecule has 0 fully saturated rings. The third kappa shape index (κ3) is 16.1. The van der Waals surface area contributed by atoms with Crippen molar-refractivity contribution in [2.75, 3.05) is 79.3 Å². The van der Waals surface area contributed by atoms with Crippen LogP contribution in [0.15, 0.2) is 37.5 Å². The third-order valence-electron chi connectivity index (χ3n) is 3.96. The van der Waals surface area contributed by atoms with E-state index in [4.69, 9.17) is 38.3 Å². The summed E-state index contributed by atoms with van der Waals surface area (Å²) in [5.74, 6) is -1.65. The van der Waals surface area contributed by atoms with Gasteiger partial charge in [-0.15, -0.1) is 0 Å². The normalized spacial score (nSPS) is 10.9. The van der Waals surface area contributed by atoms with Crippen LogP contribution in [-0.2, 0) is 47.5 Å². The Hall–Kier alpha value is -2.57. The minimum absolute atomic E-state index is 0.0223. The lowest BCUT2D eigenvalue weighted by molar-refractivity contribution is -0.145. The van der Waals surface area contributed by atoms with Crippen LogP contribution in [0, 0.1) is 5.41 Å². The van der Waals surface area contributed by atoms with Crippen molar-refractivity contribution in [1.29, 1.82) is 0 Å². The van der Waals surface area contributed by atoms with Crippen LogP contribution in [0.25, 0.3) is 0 Å². The van der Waals surface area contributed by atoms with E-state index in [2.05, 4.69) is 19.7 Å². The van der Waals surface area contributed by atoms with Crippen LogP contribution in [0.2, 0.25) is 0 Å². The zero-order chi connectivity index (χ0) is 25.7. The molecule has 0 saturated heterocycles. The van der Waals surface area contributed by atoms with Gasteiger partial charge in [-0.3, -0.25) is 0 Å². The fourth-order valence-electron chi connectivity index (χ4n) is 2.31. The molecule has 0 amide bonds. The maximum absolute atomic E-state index is 11.5. The number of rotatable bonds is 22. The first-order chi connectivity index (χ1) is 16.3. The van der Waals surface area contributed by atoms with Crippen LogP contribution in [0.5, 0.6) is 0 Å². The van der Waals surface area contributed by atoms with Crippen LogP contribution in [-0.4, -0.2) is 102 Å². The molecule has 0 radical (unpaired) electrons. The molecule has 34 heavy (non-hydrogen) atoms. The molecule has 0 bridgehead atoms. The van der Waals surface area contributed by atoms with Gasteiger partial charge in [-0.05, 0) is 6.92 Å². The number of esters is 3. The van der Waals surface area contributed by atoms with Gasteiger partial charge in [0.25, 0.3) is 0 Å². The summed E-state index contributed by atoms with van der Waals surface area (Å²) in [5, 5.41) is 9.06. The number of carbonyl (C=O) groups excluding carboxylic acids is 3. The Bertz CT molecular complexity index is 615. The van der Waals surface area contributed by atoms with Crippen molar-refractivity contribution in [3.8, 4) is 0 Å². The first-order valence-electron chi connectivity index (χ1n) is 10.6. The summed E-state index contributed by atoms with van der Waals surface area (Å²) in [7, 11) is 0. The Balaban J connectivity index is 4.93. The van der Waals surface area contributed by atoms with E-state index in [-0.39, 0.29) is 84.9 Å². The largest absolute Gasteiger partial charge is 0.460 e. The predicted molar refractivity (Wildman–Crippen MR) is 121 cm³/mol. The SMILES string of the molecule is C=CC(=O)OCCOCC(COCCO)(COCCOC(=O)C=C)COCCOC(=O)C(=C)C. The average molecular weight is 489 g/mol. The van der Waals surface area contributed by atoms with Crippen molar-refractivity contribution in [3.05, 3.63) is 37.5 Å². The number of hydrogen-bond acceptors (Lipinski definition) is 11. The van der Waals surface area contributed by atoms with Gasteiger partial charge in [-0.1, -0.05) is 19.7 Å². The second-order valence-electron chi connectivity index (χ2n) is 7.09.